The van der Waals surface area contributed by atoms with Crippen LogP contribution in [0.15, 0.2) is 42.6 Å². The smallest absolute Gasteiger partial charge is 0.387 e. The number of hydrogen-bond acceptors (Lipinski definition) is 6. The summed E-state index contributed by atoms with van der Waals surface area (Å²) in [7, 11) is 1.24. The minimum atomic E-state index is -3.04. The quantitative estimate of drug-likeness (QED) is 0.456. The number of esters is 1. The number of carbonyl (C=O) groups excluding carboxylic acids is 2. The Hall–Kier alpha value is -3.82. The molecule has 2 aromatic carbocycles. The highest BCUT2D eigenvalue weighted by molar-refractivity contribution is 6.04. The molecule has 1 atom stereocenters. The van der Waals surface area contributed by atoms with Gasteiger partial charge in [-0.3, -0.25) is 9.59 Å². The van der Waals surface area contributed by atoms with Gasteiger partial charge in [0.25, 0.3) is 0 Å². The molecule has 8 nitrogen and oxygen atoms in total. The van der Waals surface area contributed by atoms with Crippen molar-refractivity contribution in [3.05, 3.63) is 48.2 Å². The lowest BCUT2D eigenvalue weighted by atomic mass is 10.0. The Kier molecular flexibility index (Phi) is 7.37. The normalized spacial score (nSPS) is 11.9. The van der Waals surface area contributed by atoms with Crippen molar-refractivity contribution in [2.24, 2.45) is 0 Å². The van der Waals surface area contributed by atoms with E-state index in [4.69, 9.17) is 9.47 Å². The predicted molar refractivity (Wildman–Crippen MR) is 117 cm³/mol. The summed E-state index contributed by atoms with van der Waals surface area (Å²) >= 11 is 0. The molecule has 10 heteroatoms. The van der Waals surface area contributed by atoms with Gasteiger partial charge < -0.3 is 29.2 Å². The van der Waals surface area contributed by atoms with E-state index >= 15 is 0 Å². The lowest BCUT2D eigenvalue weighted by Crippen LogP contribution is -2.16. The maximum atomic E-state index is 12.8. The Morgan fingerprint density at radius 2 is 1.94 bits per heavy atom. The molecule has 0 aliphatic rings. The highest BCUT2D eigenvalue weighted by Crippen LogP contribution is 2.40. The van der Waals surface area contributed by atoms with E-state index < -0.39 is 18.6 Å². The number of alkyl halides is 2. The monoisotopic (exact) mass is 462 g/mol. The molecule has 1 amide bonds. The van der Waals surface area contributed by atoms with Crippen molar-refractivity contribution in [3.8, 4) is 17.4 Å². The number of nitrogens with one attached hydrogen (secondary N) is 1. The second-order valence-corrected chi connectivity index (χ2v) is 7.12. The Balaban J connectivity index is 2.15. The van der Waals surface area contributed by atoms with Crippen molar-refractivity contribution >= 4 is 28.3 Å². The zero-order valence-electron chi connectivity index (χ0n) is 18.3. The molecule has 3 rings (SSSR count). The Labute approximate surface area is 188 Å². The number of aromatic hydroxyl groups is 1. The third-order valence-corrected chi connectivity index (χ3v) is 4.95. The minimum absolute atomic E-state index is 0.0697. The number of hydrogen-bond donors (Lipinski definition) is 2. The van der Waals surface area contributed by atoms with E-state index in [2.05, 4.69) is 10.1 Å². The van der Waals surface area contributed by atoms with Crippen LogP contribution in [0.4, 0.5) is 14.5 Å². The molecule has 0 saturated heterocycles. The topological polar surface area (TPSA) is 99.0 Å². The van der Waals surface area contributed by atoms with Crippen LogP contribution in [0.3, 0.4) is 0 Å². The number of anilines is 1. The number of ether oxygens (including phenoxy) is 3. The number of amides is 1. The van der Waals surface area contributed by atoms with Gasteiger partial charge in [-0.05, 0) is 30.7 Å². The molecule has 33 heavy (non-hydrogen) atoms. The summed E-state index contributed by atoms with van der Waals surface area (Å²) in [6, 6.07) is 8.65. The van der Waals surface area contributed by atoms with Gasteiger partial charge in [0.2, 0.25) is 11.8 Å². The summed E-state index contributed by atoms with van der Waals surface area (Å²) in [5.74, 6) is -1.13. The fourth-order valence-corrected chi connectivity index (χ4v) is 3.61. The fraction of sp³-hybridized carbons (Fsp3) is 0.304. The van der Waals surface area contributed by atoms with Crippen molar-refractivity contribution in [2.75, 3.05) is 19.0 Å². The van der Waals surface area contributed by atoms with E-state index in [0.717, 1.165) is 0 Å². The third-order valence-electron chi connectivity index (χ3n) is 4.95. The molecule has 176 valence electrons. The van der Waals surface area contributed by atoms with Crippen molar-refractivity contribution in [3.63, 3.8) is 0 Å². The maximum absolute atomic E-state index is 12.8. The molecule has 1 aromatic heterocycles. The standard InChI is InChI=1S/C23H24F2N2O6/c1-4-32-19-10-14(8-9-18(19)33-23(24)25)17(11-20(29)31-3)27-12-15-6-5-7-16(26-13(2)28)21(15)22(27)30/h5-10,12,17,23,30H,4,11H2,1-3H3,(H,26,28). The van der Waals surface area contributed by atoms with Crippen LogP contribution in [0.1, 0.15) is 31.9 Å². The summed E-state index contributed by atoms with van der Waals surface area (Å²) in [5, 5.41) is 14.7. The van der Waals surface area contributed by atoms with Gasteiger partial charge in [-0.25, -0.2) is 0 Å². The van der Waals surface area contributed by atoms with Crippen molar-refractivity contribution in [2.45, 2.75) is 32.9 Å². The maximum Gasteiger partial charge on any atom is 0.387 e. The van der Waals surface area contributed by atoms with E-state index in [1.54, 1.807) is 31.3 Å². The highest BCUT2D eigenvalue weighted by atomic mass is 19.3. The Morgan fingerprint density at radius 3 is 2.58 bits per heavy atom. The minimum Gasteiger partial charge on any atom is -0.494 e. The number of aromatic nitrogens is 1. The number of carbonyl (C=O) groups is 2. The highest BCUT2D eigenvalue weighted by Gasteiger charge is 2.25. The second kappa shape index (κ2) is 10.2. The van der Waals surface area contributed by atoms with Crippen LogP contribution in [0.25, 0.3) is 10.8 Å². The summed E-state index contributed by atoms with van der Waals surface area (Å²) in [5.41, 5.74) is 0.894. The first-order valence-electron chi connectivity index (χ1n) is 10.1. The van der Waals surface area contributed by atoms with Gasteiger partial charge in [0, 0.05) is 18.5 Å². The van der Waals surface area contributed by atoms with E-state index in [1.807, 2.05) is 0 Å². The van der Waals surface area contributed by atoms with Crippen molar-refractivity contribution < 1.29 is 37.7 Å². The zero-order valence-corrected chi connectivity index (χ0v) is 18.3. The van der Waals surface area contributed by atoms with E-state index in [1.165, 1.54) is 36.8 Å². The molecule has 1 heterocycles. The average Bonchev–Trinajstić information content (AvgIpc) is 3.10. The molecule has 2 N–H and O–H groups in total. The van der Waals surface area contributed by atoms with Crippen molar-refractivity contribution in [1.82, 2.24) is 4.57 Å². The van der Waals surface area contributed by atoms with Gasteiger partial charge in [0.1, 0.15) is 0 Å². The summed E-state index contributed by atoms with van der Waals surface area (Å²) in [4.78, 5) is 23.8. The summed E-state index contributed by atoms with van der Waals surface area (Å²) in [6.45, 7) is 0.208. The largest absolute Gasteiger partial charge is 0.494 e. The summed E-state index contributed by atoms with van der Waals surface area (Å²) in [6.07, 6.45) is 1.47. The van der Waals surface area contributed by atoms with Crippen LogP contribution in [0, 0.1) is 0 Å². The molecule has 0 fully saturated rings. The predicted octanol–water partition coefficient (Wildman–Crippen LogP) is 4.46. The lowest BCUT2D eigenvalue weighted by molar-refractivity contribution is -0.141. The average molecular weight is 462 g/mol. The van der Waals surface area contributed by atoms with Gasteiger partial charge >= 0.3 is 12.6 Å². The zero-order chi connectivity index (χ0) is 24.1. The first kappa shape index (κ1) is 23.8. The van der Waals surface area contributed by atoms with Gasteiger partial charge in [0.05, 0.1) is 37.3 Å². The molecule has 3 aromatic rings. The molecule has 1 unspecified atom stereocenters. The van der Waals surface area contributed by atoms with E-state index in [9.17, 15) is 23.5 Å². The SMILES string of the molecule is CCOc1cc(C(CC(=O)OC)n2cc3cccc(NC(C)=O)c3c2O)ccc1OC(F)F. The summed E-state index contributed by atoms with van der Waals surface area (Å²) < 4.78 is 41.8. The number of fused-ring (bicyclic) bond motifs is 1. The molecule has 0 aliphatic heterocycles. The van der Waals surface area contributed by atoms with Crippen LogP contribution < -0.4 is 14.8 Å². The van der Waals surface area contributed by atoms with Gasteiger partial charge in [-0.1, -0.05) is 18.2 Å². The number of benzene rings is 2. The second-order valence-electron chi connectivity index (χ2n) is 7.12. The fourth-order valence-electron chi connectivity index (χ4n) is 3.61. The molecular formula is C23H24F2N2O6. The molecule has 0 radical (unpaired) electrons. The van der Waals surface area contributed by atoms with Crippen LogP contribution in [-0.4, -0.2) is 41.9 Å². The number of nitrogens with zero attached hydrogens (tertiary/aromatic N) is 1. The van der Waals surface area contributed by atoms with Gasteiger partial charge in [-0.2, -0.15) is 8.78 Å². The van der Waals surface area contributed by atoms with E-state index in [-0.39, 0.29) is 36.3 Å². The van der Waals surface area contributed by atoms with Crippen molar-refractivity contribution in [1.29, 1.82) is 0 Å². The van der Waals surface area contributed by atoms with Gasteiger partial charge in [-0.15, -0.1) is 0 Å². The molecule has 0 aliphatic carbocycles. The number of rotatable bonds is 9. The first-order chi connectivity index (χ1) is 15.7. The third kappa shape index (κ3) is 5.33. The van der Waals surface area contributed by atoms with Crippen LogP contribution in [-0.2, 0) is 14.3 Å². The lowest BCUT2D eigenvalue weighted by Gasteiger charge is -2.21. The Morgan fingerprint density at radius 1 is 1.18 bits per heavy atom. The Bertz CT molecular complexity index is 1160. The molecule has 0 spiro atoms. The van der Waals surface area contributed by atoms with Crippen LogP contribution in [0.2, 0.25) is 0 Å². The number of methoxy groups -OCH3 is 1. The molecular weight excluding hydrogens is 438 g/mol. The van der Waals surface area contributed by atoms with Crippen LogP contribution in [0.5, 0.6) is 17.4 Å². The number of halogens is 2. The molecule has 0 saturated carbocycles. The van der Waals surface area contributed by atoms with E-state index in [0.29, 0.717) is 22.0 Å². The first-order valence-corrected chi connectivity index (χ1v) is 10.1. The van der Waals surface area contributed by atoms with Crippen LogP contribution >= 0.6 is 0 Å². The van der Waals surface area contributed by atoms with Gasteiger partial charge in [0.15, 0.2) is 11.5 Å². The molecule has 0 bridgehead atoms.